The first-order chi connectivity index (χ1) is 16.6. The van der Waals surface area contributed by atoms with Gasteiger partial charge in [-0.05, 0) is 41.2 Å². The molecule has 0 radical (unpaired) electrons. The smallest absolute Gasteiger partial charge is 0.233 e. The maximum absolute atomic E-state index is 11.9. The molecule has 2 aliphatic rings. The number of fused-ring (bicyclic) bond motifs is 1. The highest BCUT2D eigenvalue weighted by Crippen LogP contribution is 2.32. The Kier molecular flexibility index (Phi) is 9.44. The number of carbonyl (C=O) groups is 2. The molecule has 34 heavy (non-hydrogen) atoms. The zero-order chi connectivity index (χ0) is 24.5. The maximum atomic E-state index is 11.9. The van der Waals surface area contributed by atoms with Gasteiger partial charge in [0.15, 0.2) is 0 Å². The molecule has 1 aliphatic carbocycles. The van der Waals surface area contributed by atoms with Crippen LogP contribution in [0.5, 0.6) is 0 Å². The van der Waals surface area contributed by atoms with E-state index in [0.29, 0.717) is 0 Å². The first kappa shape index (κ1) is 25.7. The van der Waals surface area contributed by atoms with Crippen molar-refractivity contribution >= 4 is 22.6 Å². The Balaban J connectivity index is 0.000000179. The number of carbonyl (C=O) groups excluding carboxylic acids is 2. The van der Waals surface area contributed by atoms with Gasteiger partial charge in [0.05, 0.1) is 0 Å². The third kappa shape index (κ3) is 5.94. The van der Waals surface area contributed by atoms with Gasteiger partial charge in [-0.1, -0.05) is 120 Å². The Bertz CT molecular complexity index is 1040. The van der Waals surface area contributed by atoms with Gasteiger partial charge in [-0.2, -0.15) is 0 Å². The van der Waals surface area contributed by atoms with Gasteiger partial charge in [0.25, 0.3) is 0 Å². The lowest BCUT2D eigenvalue weighted by atomic mass is 9.94. The van der Waals surface area contributed by atoms with E-state index in [0.717, 1.165) is 32.1 Å². The number of nitrogens with zero attached hydrogens (tertiary/aromatic N) is 1. The summed E-state index contributed by atoms with van der Waals surface area (Å²) in [4.78, 5) is 25.4. The summed E-state index contributed by atoms with van der Waals surface area (Å²) in [5.41, 5.74) is 2.76. The van der Waals surface area contributed by atoms with Crippen LogP contribution >= 0.6 is 0 Å². The number of likely N-dealkylation sites (tertiary alicyclic amines) is 1. The van der Waals surface area contributed by atoms with Crippen LogP contribution < -0.4 is 0 Å². The molecule has 3 aromatic rings. The zero-order valence-corrected chi connectivity index (χ0v) is 21.2. The number of rotatable bonds is 3. The summed E-state index contributed by atoms with van der Waals surface area (Å²) in [7, 11) is 0. The minimum absolute atomic E-state index is 0.0550. The van der Waals surface area contributed by atoms with Crippen LogP contribution in [0.3, 0.4) is 0 Å². The molecule has 0 spiro atoms. The fraction of sp³-hybridized carbons (Fsp3) is 0.419. The van der Waals surface area contributed by atoms with Crippen molar-refractivity contribution < 1.29 is 9.59 Å². The Morgan fingerprint density at radius 3 is 1.91 bits per heavy atom. The second-order valence-electron chi connectivity index (χ2n) is 9.22. The quantitative estimate of drug-likeness (QED) is 0.384. The maximum Gasteiger partial charge on any atom is 0.233 e. The highest BCUT2D eigenvalue weighted by molar-refractivity contribution is 6.05. The molecule has 3 aromatic carbocycles. The monoisotopic (exact) mass is 457 g/mol. The molecule has 5 rings (SSSR count). The van der Waals surface area contributed by atoms with E-state index in [9.17, 15) is 9.59 Å². The fourth-order valence-corrected chi connectivity index (χ4v) is 4.94. The van der Waals surface area contributed by atoms with Gasteiger partial charge in [-0.25, -0.2) is 0 Å². The third-order valence-corrected chi connectivity index (χ3v) is 7.06. The van der Waals surface area contributed by atoms with E-state index in [1.54, 1.807) is 4.90 Å². The molecule has 0 bridgehead atoms. The van der Waals surface area contributed by atoms with E-state index in [4.69, 9.17) is 0 Å². The van der Waals surface area contributed by atoms with Crippen molar-refractivity contribution in [2.75, 3.05) is 0 Å². The molecule has 2 unspecified atom stereocenters. The van der Waals surface area contributed by atoms with Gasteiger partial charge in [-0.15, -0.1) is 0 Å². The Morgan fingerprint density at radius 1 is 0.706 bits per heavy atom. The fourth-order valence-electron chi connectivity index (χ4n) is 4.94. The normalized spacial score (nSPS) is 20.4. The standard InChI is InChI=1S/C17H14.C12H19NO2.C2H6/c1-2-7-14(8-3-1)13-16-11-6-10-15-9-4-5-12-17(15)16;1-8-9(2)12(15)13(11(8)14)10-6-4-3-5-7-10;1-2/h1-12H,13H2;8-10H,3-7H2,1-2H3;1-2H3. The number of hydrogen-bond acceptors (Lipinski definition) is 2. The number of hydrogen-bond donors (Lipinski definition) is 0. The van der Waals surface area contributed by atoms with E-state index in [1.807, 2.05) is 27.7 Å². The summed E-state index contributed by atoms with van der Waals surface area (Å²) in [6.45, 7) is 7.74. The number of benzene rings is 3. The van der Waals surface area contributed by atoms with Crippen LogP contribution in [0.25, 0.3) is 10.8 Å². The van der Waals surface area contributed by atoms with Gasteiger partial charge >= 0.3 is 0 Å². The summed E-state index contributed by atoms with van der Waals surface area (Å²) >= 11 is 0. The molecule has 1 heterocycles. The molecule has 2 atom stereocenters. The van der Waals surface area contributed by atoms with E-state index < -0.39 is 0 Å². The molecule has 0 aromatic heterocycles. The van der Waals surface area contributed by atoms with Crippen LogP contribution in [-0.2, 0) is 16.0 Å². The van der Waals surface area contributed by atoms with E-state index >= 15 is 0 Å². The van der Waals surface area contributed by atoms with Gasteiger partial charge < -0.3 is 0 Å². The van der Waals surface area contributed by atoms with Gasteiger partial charge in [0.2, 0.25) is 11.8 Å². The summed E-state index contributed by atoms with van der Waals surface area (Å²) in [6.07, 6.45) is 6.59. The largest absolute Gasteiger partial charge is 0.279 e. The second-order valence-corrected chi connectivity index (χ2v) is 9.22. The van der Waals surface area contributed by atoms with Crippen molar-refractivity contribution in [3.05, 3.63) is 83.9 Å². The molecule has 1 aliphatic heterocycles. The predicted molar refractivity (Wildman–Crippen MR) is 142 cm³/mol. The molecule has 2 fully saturated rings. The van der Waals surface area contributed by atoms with Crippen molar-refractivity contribution in [3.63, 3.8) is 0 Å². The summed E-state index contributed by atoms with van der Waals surface area (Å²) < 4.78 is 0. The molecular formula is C31H39NO2. The van der Waals surface area contributed by atoms with Crippen molar-refractivity contribution in [3.8, 4) is 0 Å². The van der Waals surface area contributed by atoms with E-state index in [2.05, 4.69) is 72.8 Å². The SMILES string of the molecule is CC.CC1C(=O)N(C2CCCCC2)C(=O)C1C.c1ccc(Cc2cccc3ccccc23)cc1. The van der Waals surface area contributed by atoms with Crippen LogP contribution in [0, 0.1) is 11.8 Å². The Labute approximate surface area is 205 Å². The van der Waals surface area contributed by atoms with Crippen LogP contribution in [0.4, 0.5) is 0 Å². The topological polar surface area (TPSA) is 37.4 Å². The van der Waals surface area contributed by atoms with Gasteiger partial charge in [-0.3, -0.25) is 14.5 Å². The molecule has 3 heteroatoms. The summed E-state index contributed by atoms with van der Waals surface area (Å²) in [6, 6.07) is 25.9. The van der Waals surface area contributed by atoms with Crippen molar-refractivity contribution in [2.24, 2.45) is 11.8 Å². The molecule has 2 amide bonds. The first-order valence-corrected chi connectivity index (χ1v) is 12.9. The predicted octanol–water partition coefficient (Wildman–Crippen LogP) is 7.42. The average Bonchev–Trinajstić information content (AvgIpc) is 3.09. The van der Waals surface area contributed by atoms with Crippen LogP contribution in [0.15, 0.2) is 72.8 Å². The molecule has 0 N–H and O–H groups in total. The highest BCUT2D eigenvalue weighted by Gasteiger charge is 2.45. The van der Waals surface area contributed by atoms with Crippen LogP contribution in [0.2, 0.25) is 0 Å². The highest BCUT2D eigenvalue weighted by atomic mass is 16.2. The molecular weight excluding hydrogens is 418 g/mol. The van der Waals surface area contributed by atoms with Crippen LogP contribution in [0.1, 0.15) is 70.9 Å². The average molecular weight is 458 g/mol. The van der Waals surface area contributed by atoms with Gasteiger partial charge in [0.1, 0.15) is 0 Å². The van der Waals surface area contributed by atoms with E-state index in [-0.39, 0.29) is 29.7 Å². The first-order valence-electron chi connectivity index (χ1n) is 12.9. The zero-order valence-electron chi connectivity index (χ0n) is 21.2. The summed E-state index contributed by atoms with van der Waals surface area (Å²) in [5.74, 6) is -0.113. The minimum Gasteiger partial charge on any atom is -0.279 e. The Morgan fingerprint density at radius 2 is 1.26 bits per heavy atom. The molecule has 1 saturated heterocycles. The number of imide groups is 1. The molecule has 3 nitrogen and oxygen atoms in total. The summed E-state index contributed by atoms with van der Waals surface area (Å²) in [5, 5.41) is 2.68. The minimum atomic E-state index is -0.112. The van der Waals surface area contributed by atoms with E-state index in [1.165, 1.54) is 28.3 Å². The van der Waals surface area contributed by atoms with Crippen molar-refractivity contribution in [2.45, 2.75) is 72.3 Å². The lowest BCUT2D eigenvalue weighted by molar-refractivity contribution is -0.143. The van der Waals surface area contributed by atoms with Crippen LogP contribution in [-0.4, -0.2) is 22.8 Å². The lowest BCUT2D eigenvalue weighted by Crippen LogP contribution is -2.41. The number of amides is 2. The molecule has 180 valence electrons. The Hall–Kier alpha value is -2.94. The van der Waals surface area contributed by atoms with Crippen molar-refractivity contribution in [1.29, 1.82) is 0 Å². The second kappa shape index (κ2) is 12.5. The van der Waals surface area contributed by atoms with Gasteiger partial charge in [0, 0.05) is 17.9 Å². The molecule has 1 saturated carbocycles. The lowest BCUT2D eigenvalue weighted by Gasteiger charge is -2.29. The van der Waals surface area contributed by atoms with Crippen molar-refractivity contribution in [1.82, 2.24) is 4.90 Å². The third-order valence-electron chi connectivity index (χ3n) is 7.06.